The lowest BCUT2D eigenvalue weighted by Crippen LogP contribution is -2.49. The van der Waals surface area contributed by atoms with Gasteiger partial charge in [-0.3, -0.25) is 10.1 Å². The van der Waals surface area contributed by atoms with Gasteiger partial charge in [-0.1, -0.05) is 30.3 Å². The van der Waals surface area contributed by atoms with E-state index in [1.165, 1.54) is 5.75 Å². The first-order valence-electron chi connectivity index (χ1n) is 7.51. The lowest BCUT2D eigenvalue weighted by Gasteiger charge is -2.39. The Bertz CT molecular complexity index is 488. The van der Waals surface area contributed by atoms with E-state index >= 15 is 0 Å². The average molecular weight is 306 g/mol. The molecule has 1 spiro atoms. The fraction of sp³-hybridized carbons (Fsp3) is 0.562. The van der Waals surface area contributed by atoms with Crippen molar-refractivity contribution in [2.45, 2.75) is 36.9 Å². The van der Waals surface area contributed by atoms with Crippen molar-refractivity contribution in [1.82, 2.24) is 5.32 Å². The van der Waals surface area contributed by atoms with Crippen molar-refractivity contribution in [1.29, 1.82) is 0 Å². The number of hydrogen-bond acceptors (Lipinski definition) is 4. The molecule has 2 fully saturated rings. The molecule has 2 aliphatic rings. The minimum absolute atomic E-state index is 0.0134. The third-order valence-electron chi connectivity index (χ3n) is 4.38. The van der Waals surface area contributed by atoms with Gasteiger partial charge in [0.2, 0.25) is 5.91 Å². The summed E-state index contributed by atoms with van der Waals surface area (Å²) in [7, 11) is 0. The molecule has 0 aromatic heterocycles. The van der Waals surface area contributed by atoms with E-state index in [0.717, 1.165) is 37.2 Å². The van der Waals surface area contributed by atoms with Gasteiger partial charge in [-0.15, -0.1) is 0 Å². The molecule has 3 atom stereocenters. The number of thioether (sulfide) groups is 1. The van der Waals surface area contributed by atoms with E-state index in [1.807, 2.05) is 42.1 Å². The molecule has 0 saturated carbocycles. The number of benzene rings is 1. The van der Waals surface area contributed by atoms with Crippen molar-refractivity contribution < 1.29 is 9.53 Å². The SMILES string of the molecule is NC(=O)[C@H](N[C@@H]1CCO[C@@]2(CCSC2)C1)c1ccccc1. The summed E-state index contributed by atoms with van der Waals surface area (Å²) in [5, 5.41) is 3.46. The van der Waals surface area contributed by atoms with Crippen molar-refractivity contribution in [3.63, 3.8) is 0 Å². The summed E-state index contributed by atoms with van der Waals surface area (Å²) >= 11 is 1.96. The van der Waals surface area contributed by atoms with Crippen molar-refractivity contribution in [3.8, 4) is 0 Å². The van der Waals surface area contributed by atoms with Crippen LogP contribution in [0.25, 0.3) is 0 Å². The van der Waals surface area contributed by atoms with Crippen LogP contribution in [0.2, 0.25) is 0 Å². The lowest BCUT2D eigenvalue weighted by atomic mass is 9.89. The van der Waals surface area contributed by atoms with Crippen LogP contribution < -0.4 is 11.1 Å². The first-order chi connectivity index (χ1) is 10.2. The van der Waals surface area contributed by atoms with Crippen molar-refractivity contribution in [2.75, 3.05) is 18.1 Å². The molecule has 1 amide bonds. The highest BCUT2D eigenvalue weighted by molar-refractivity contribution is 7.99. The van der Waals surface area contributed by atoms with E-state index in [9.17, 15) is 4.79 Å². The normalized spacial score (nSPS) is 30.4. The van der Waals surface area contributed by atoms with Gasteiger partial charge in [0.05, 0.1) is 5.60 Å². The zero-order chi connectivity index (χ0) is 14.7. The Labute approximate surface area is 129 Å². The highest BCUT2D eigenvalue weighted by atomic mass is 32.2. The summed E-state index contributed by atoms with van der Waals surface area (Å²) in [4.78, 5) is 11.8. The Morgan fingerprint density at radius 2 is 2.24 bits per heavy atom. The molecule has 2 heterocycles. The molecule has 0 radical (unpaired) electrons. The molecule has 2 aliphatic heterocycles. The summed E-state index contributed by atoms with van der Waals surface area (Å²) in [5.41, 5.74) is 6.54. The van der Waals surface area contributed by atoms with Crippen LogP contribution in [0.1, 0.15) is 30.9 Å². The predicted molar refractivity (Wildman–Crippen MR) is 85.2 cm³/mol. The maximum Gasteiger partial charge on any atom is 0.239 e. The van der Waals surface area contributed by atoms with Crippen LogP contribution in [-0.4, -0.2) is 35.7 Å². The highest BCUT2D eigenvalue weighted by Gasteiger charge is 2.41. The van der Waals surface area contributed by atoms with Gasteiger partial charge in [-0.2, -0.15) is 11.8 Å². The van der Waals surface area contributed by atoms with Crippen LogP contribution in [0.4, 0.5) is 0 Å². The molecule has 0 bridgehead atoms. The molecule has 2 saturated heterocycles. The van der Waals surface area contributed by atoms with Crippen molar-refractivity contribution in [3.05, 3.63) is 35.9 Å². The third-order valence-corrected chi connectivity index (χ3v) is 5.60. The van der Waals surface area contributed by atoms with E-state index in [1.54, 1.807) is 0 Å². The molecular weight excluding hydrogens is 284 g/mol. The van der Waals surface area contributed by atoms with E-state index in [4.69, 9.17) is 10.5 Å². The van der Waals surface area contributed by atoms with Crippen LogP contribution in [0.5, 0.6) is 0 Å². The van der Waals surface area contributed by atoms with Gasteiger partial charge in [0.15, 0.2) is 0 Å². The van der Waals surface area contributed by atoms with Crippen LogP contribution in [0.3, 0.4) is 0 Å². The van der Waals surface area contributed by atoms with Gasteiger partial charge in [0.1, 0.15) is 6.04 Å². The molecule has 1 aromatic carbocycles. The Balaban J connectivity index is 1.70. The molecule has 0 unspecified atom stereocenters. The Morgan fingerprint density at radius 3 is 2.90 bits per heavy atom. The second-order valence-electron chi connectivity index (χ2n) is 5.94. The quantitative estimate of drug-likeness (QED) is 0.891. The van der Waals surface area contributed by atoms with Crippen molar-refractivity contribution >= 4 is 17.7 Å². The number of rotatable bonds is 4. The predicted octanol–water partition coefficient (Wildman–Crippen LogP) is 1.86. The molecule has 1 aromatic rings. The zero-order valence-electron chi connectivity index (χ0n) is 12.1. The summed E-state index contributed by atoms with van der Waals surface area (Å²) in [6, 6.07) is 9.58. The zero-order valence-corrected chi connectivity index (χ0v) is 12.9. The van der Waals surface area contributed by atoms with Gasteiger partial charge >= 0.3 is 0 Å². The summed E-state index contributed by atoms with van der Waals surface area (Å²) < 4.78 is 6.03. The van der Waals surface area contributed by atoms with Gasteiger partial charge < -0.3 is 10.5 Å². The van der Waals surface area contributed by atoms with Crippen LogP contribution in [0.15, 0.2) is 30.3 Å². The first kappa shape index (κ1) is 14.9. The number of carbonyl (C=O) groups is 1. The number of carbonyl (C=O) groups excluding carboxylic acids is 1. The summed E-state index contributed by atoms with van der Waals surface area (Å²) in [6.45, 7) is 0.762. The maximum absolute atomic E-state index is 11.8. The van der Waals surface area contributed by atoms with Crippen LogP contribution in [0, 0.1) is 0 Å². The monoisotopic (exact) mass is 306 g/mol. The van der Waals surface area contributed by atoms with Crippen LogP contribution >= 0.6 is 11.8 Å². The van der Waals surface area contributed by atoms with Gasteiger partial charge in [-0.25, -0.2) is 0 Å². The topological polar surface area (TPSA) is 64.4 Å². The molecule has 5 heteroatoms. The summed E-state index contributed by atoms with van der Waals surface area (Å²) in [6.07, 6.45) is 3.02. The fourth-order valence-corrected chi connectivity index (χ4v) is 4.64. The second kappa shape index (κ2) is 6.38. The molecule has 114 valence electrons. The largest absolute Gasteiger partial charge is 0.374 e. The van der Waals surface area contributed by atoms with Crippen LogP contribution in [-0.2, 0) is 9.53 Å². The fourth-order valence-electron chi connectivity index (χ4n) is 3.26. The van der Waals surface area contributed by atoms with E-state index in [-0.39, 0.29) is 17.6 Å². The minimum Gasteiger partial charge on any atom is -0.374 e. The average Bonchev–Trinajstić information content (AvgIpc) is 2.93. The smallest absolute Gasteiger partial charge is 0.239 e. The van der Waals surface area contributed by atoms with E-state index in [0.29, 0.717) is 0 Å². The molecule has 4 nitrogen and oxygen atoms in total. The standard InChI is InChI=1S/C16H22N2O2S/c17-15(19)14(12-4-2-1-3-5-12)18-13-6-8-20-16(10-13)7-9-21-11-16/h1-5,13-14,18H,6-11H2,(H2,17,19)/t13-,14-,16+/m1/s1. The number of primary amides is 1. The van der Waals surface area contributed by atoms with Gasteiger partial charge in [-0.05, 0) is 30.6 Å². The lowest BCUT2D eigenvalue weighted by molar-refractivity contribution is -0.121. The number of amides is 1. The van der Waals surface area contributed by atoms with Crippen molar-refractivity contribution in [2.24, 2.45) is 5.73 Å². The highest BCUT2D eigenvalue weighted by Crippen LogP contribution is 2.38. The molecular formula is C16H22N2O2S. The third kappa shape index (κ3) is 3.42. The molecule has 3 N–H and O–H groups in total. The molecule has 0 aliphatic carbocycles. The van der Waals surface area contributed by atoms with E-state index in [2.05, 4.69) is 5.32 Å². The Kier molecular flexibility index (Phi) is 4.52. The maximum atomic E-state index is 11.8. The number of nitrogens with two attached hydrogens (primary N) is 1. The molecule has 21 heavy (non-hydrogen) atoms. The Hall–Kier alpha value is -1.04. The molecule has 3 rings (SSSR count). The first-order valence-corrected chi connectivity index (χ1v) is 8.66. The van der Waals surface area contributed by atoms with E-state index < -0.39 is 6.04 Å². The summed E-state index contributed by atoms with van der Waals surface area (Å²) in [5.74, 6) is 1.92. The number of hydrogen-bond donors (Lipinski definition) is 2. The van der Waals surface area contributed by atoms with Gasteiger partial charge in [0, 0.05) is 18.4 Å². The number of ether oxygens (including phenoxy) is 1. The van der Waals surface area contributed by atoms with Gasteiger partial charge in [0.25, 0.3) is 0 Å². The minimum atomic E-state index is -0.416. The number of nitrogens with one attached hydrogen (secondary N) is 1. The Morgan fingerprint density at radius 1 is 1.43 bits per heavy atom. The second-order valence-corrected chi connectivity index (χ2v) is 7.04.